The first-order valence-corrected chi connectivity index (χ1v) is 7.65. The maximum Gasteiger partial charge on any atom is 0.199 e. The fraction of sp³-hybridized carbons (Fsp3) is 0.467. The number of likely N-dealkylation sites (tertiary alicyclic amines) is 1. The van der Waals surface area contributed by atoms with E-state index in [1.54, 1.807) is 0 Å². The molecule has 1 aliphatic heterocycles. The number of nitrogens with one attached hydrogen (secondary N) is 1. The first-order chi connectivity index (χ1) is 9.77. The molecule has 1 N–H and O–H groups in total. The summed E-state index contributed by atoms with van der Waals surface area (Å²) in [5.41, 5.74) is 1.07. The van der Waals surface area contributed by atoms with E-state index in [2.05, 4.69) is 38.7 Å². The van der Waals surface area contributed by atoms with E-state index in [0.717, 1.165) is 24.6 Å². The van der Waals surface area contributed by atoms with Crippen molar-refractivity contribution in [2.75, 3.05) is 13.1 Å². The van der Waals surface area contributed by atoms with Crippen molar-refractivity contribution in [2.24, 2.45) is 0 Å². The third-order valence-corrected chi connectivity index (χ3v) is 4.30. The van der Waals surface area contributed by atoms with Crippen LogP contribution < -0.4 is 0 Å². The maximum absolute atomic E-state index is 5.40. The molecule has 3 rings (SSSR count). The molecule has 0 spiro atoms. The quantitative estimate of drug-likeness (QED) is 0.879. The zero-order chi connectivity index (χ0) is 13.9. The van der Waals surface area contributed by atoms with Gasteiger partial charge in [0.15, 0.2) is 10.6 Å². The summed E-state index contributed by atoms with van der Waals surface area (Å²) >= 11 is 5.40. The first kappa shape index (κ1) is 13.5. The van der Waals surface area contributed by atoms with Crippen LogP contribution in [0.1, 0.15) is 38.1 Å². The molecule has 0 unspecified atom stereocenters. The number of para-hydroxylation sites is 1. The highest BCUT2D eigenvalue weighted by Crippen LogP contribution is 2.24. The van der Waals surface area contributed by atoms with Crippen LogP contribution in [0.3, 0.4) is 0 Å². The normalized spacial score (nSPS) is 18.1. The lowest BCUT2D eigenvalue weighted by Gasteiger charge is -2.31. The average Bonchev–Trinajstić information content (AvgIpc) is 2.90. The molecule has 1 aliphatic rings. The van der Waals surface area contributed by atoms with Crippen LogP contribution in [-0.4, -0.2) is 32.8 Å². The number of hydrogen-bond acceptors (Lipinski definition) is 3. The molecule has 0 radical (unpaired) electrons. The number of rotatable bonds is 3. The minimum Gasteiger partial charge on any atom is -0.294 e. The highest BCUT2D eigenvalue weighted by Gasteiger charge is 2.23. The van der Waals surface area contributed by atoms with Gasteiger partial charge in [0.25, 0.3) is 0 Å². The van der Waals surface area contributed by atoms with Crippen molar-refractivity contribution in [3.05, 3.63) is 40.9 Å². The molecule has 0 aliphatic carbocycles. The van der Waals surface area contributed by atoms with Gasteiger partial charge in [0.05, 0.1) is 6.04 Å². The van der Waals surface area contributed by atoms with Crippen LogP contribution in [0.25, 0.3) is 5.69 Å². The van der Waals surface area contributed by atoms with Crippen molar-refractivity contribution < 1.29 is 0 Å². The lowest BCUT2D eigenvalue weighted by molar-refractivity contribution is 0.167. The molecule has 4 nitrogen and oxygen atoms in total. The first-order valence-electron chi connectivity index (χ1n) is 7.24. The summed E-state index contributed by atoms with van der Waals surface area (Å²) in [6.45, 7) is 4.51. The molecule has 20 heavy (non-hydrogen) atoms. The highest BCUT2D eigenvalue weighted by atomic mass is 32.1. The molecular weight excluding hydrogens is 268 g/mol. The van der Waals surface area contributed by atoms with E-state index in [1.807, 2.05) is 18.2 Å². The van der Waals surface area contributed by atoms with Crippen molar-refractivity contribution >= 4 is 12.2 Å². The van der Waals surface area contributed by atoms with Crippen molar-refractivity contribution in [3.63, 3.8) is 0 Å². The molecule has 1 aromatic heterocycles. The van der Waals surface area contributed by atoms with E-state index >= 15 is 0 Å². The number of H-pyrrole nitrogens is 1. The minimum absolute atomic E-state index is 0.281. The second-order valence-electron chi connectivity index (χ2n) is 5.33. The number of aromatic nitrogens is 3. The maximum atomic E-state index is 5.40. The number of aromatic amines is 1. The molecule has 106 valence electrons. The molecule has 1 saturated heterocycles. The number of nitrogens with zero attached hydrogens (tertiary/aromatic N) is 3. The summed E-state index contributed by atoms with van der Waals surface area (Å²) in [4.78, 5) is 2.49. The van der Waals surface area contributed by atoms with E-state index in [1.165, 1.54) is 19.3 Å². The van der Waals surface area contributed by atoms with Gasteiger partial charge >= 0.3 is 0 Å². The standard InChI is InChI=1S/C15H20N4S/c1-12(18-10-6-3-7-11-18)14-16-17-15(20)19(14)13-8-4-2-5-9-13/h2,4-5,8-9,12H,3,6-7,10-11H2,1H3,(H,17,20)/t12-/m0/s1. The molecule has 0 bridgehead atoms. The topological polar surface area (TPSA) is 36.9 Å². The van der Waals surface area contributed by atoms with Gasteiger partial charge in [-0.25, -0.2) is 0 Å². The lowest BCUT2D eigenvalue weighted by atomic mass is 10.1. The summed E-state index contributed by atoms with van der Waals surface area (Å²) in [6.07, 6.45) is 3.90. The molecule has 1 atom stereocenters. The van der Waals surface area contributed by atoms with Crippen LogP contribution in [0.4, 0.5) is 0 Å². The minimum atomic E-state index is 0.281. The van der Waals surface area contributed by atoms with E-state index < -0.39 is 0 Å². The van der Waals surface area contributed by atoms with Crippen LogP contribution in [0.5, 0.6) is 0 Å². The van der Waals surface area contributed by atoms with E-state index in [9.17, 15) is 0 Å². The molecular formula is C15H20N4S. The molecule has 1 fully saturated rings. The van der Waals surface area contributed by atoms with Gasteiger partial charge in [0, 0.05) is 5.69 Å². The van der Waals surface area contributed by atoms with E-state index in [-0.39, 0.29) is 6.04 Å². The van der Waals surface area contributed by atoms with Gasteiger partial charge in [-0.05, 0) is 57.2 Å². The Morgan fingerprint density at radius 3 is 2.55 bits per heavy atom. The smallest absolute Gasteiger partial charge is 0.199 e. The SMILES string of the molecule is C[C@@H](c1n[nH]c(=S)n1-c1ccccc1)N1CCCCC1. The molecule has 2 aromatic rings. The molecule has 0 amide bonds. The van der Waals surface area contributed by atoms with Crippen LogP contribution in [0, 0.1) is 4.77 Å². The number of piperidine rings is 1. The Morgan fingerprint density at radius 2 is 1.85 bits per heavy atom. The Bertz CT molecular complexity index is 610. The fourth-order valence-electron chi connectivity index (χ4n) is 2.88. The second kappa shape index (κ2) is 5.89. The zero-order valence-corrected chi connectivity index (χ0v) is 12.6. The van der Waals surface area contributed by atoms with Crippen LogP contribution in [0.15, 0.2) is 30.3 Å². The summed E-state index contributed by atoms with van der Waals surface area (Å²) in [5, 5.41) is 7.42. The van der Waals surface area contributed by atoms with Crippen molar-refractivity contribution in [3.8, 4) is 5.69 Å². The van der Waals surface area contributed by atoms with Crippen molar-refractivity contribution in [1.82, 2.24) is 19.7 Å². The van der Waals surface area contributed by atoms with Gasteiger partial charge in [-0.1, -0.05) is 24.6 Å². The Morgan fingerprint density at radius 1 is 1.15 bits per heavy atom. The fourth-order valence-corrected chi connectivity index (χ4v) is 3.13. The number of hydrogen-bond donors (Lipinski definition) is 1. The van der Waals surface area contributed by atoms with Crippen LogP contribution in [-0.2, 0) is 0 Å². The monoisotopic (exact) mass is 288 g/mol. The third-order valence-electron chi connectivity index (χ3n) is 4.02. The highest BCUT2D eigenvalue weighted by molar-refractivity contribution is 7.71. The third kappa shape index (κ3) is 2.55. The molecule has 0 saturated carbocycles. The van der Waals surface area contributed by atoms with E-state index in [4.69, 9.17) is 12.2 Å². The summed E-state index contributed by atoms with van der Waals surface area (Å²) in [7, 11) is 0. The second-order valence-corrected chi connectivity index (χ2v) is 5.72. The van der Waals surface area contributed by atoms with Gasteiger partial charge in [-0.2, -0.15) is 5.10 Å². The molecule has 1 aromatic carbocycles. The molecule has 2 heterocycles. The van der Waals surface area contributed by atoms with Gasteiger partial charge in [0.1, 0.15) is 0 Å². The number of benzene rings is 1. The predicted octanol–water partition coefficient (Wildman–Crippen LogP) is 3.48. The Balaban J connectivity index is 1.96. The molecule has 5 heteroatoms. The van der Waals surface area contributed by atoms with Crippen molar-refractivity contribution in [2.45, 2.75) is 32.2 Å². The Hall–Kier alpha value is -1.46. The Kier molecular flexibility index (Phi) is 3.98. The van der Waals surface area contributed by atoms with Gasteiger partial charge < -0.3 is 0 Å². The zero-order valence-electron chi connectivity index (χ0n) is 11.7. The van der Waals surface area contributed by atoms with Crippen LogP contribution in [0.2, 0.25) is 0 Å². The van der Waals surface area contributed by atoms with Gasteiger partial charge in [-0.15, -0.1) is 0 Å². The summed E-state index contributed by atoms with van der Waals surface area (Å²) in [6, 6.07) is 10.5. The van der Waals surface area contributed by atoms with E-state index in [0.29, 0.717) is 4.77 Å². The predicted molar refractivity (Wildman–Crippen MR) is 82.6 cm³/mol. The van der Waals surface area contributed by atoms with Gasteiger partial charge in [-0.3, -0.25) is 14.6 Å². The lowest BCUT2D eigenvalue weighted by Crippen LogP contribution is -2.33. The van der Waals surface area contributed by atoms with Crippen LogP contribution >= 0.6 is 12.2 Å². The average molecular weight is 288 g/mol. The summed E-state index contributed by atoms with van der Waals surface area (Å²) in [5.74, 6) is 1.00. The summed E-state index contributed by atoms with van der Waals surface area (Å²) < 4.78 is 2.71. The van der Waals surface area contributed by atoms with Crippen molar-refractivity contribution in [1.29, 1.82) is 0 Å². The van der Waals surface area contributed by atoms with Gasteiger partial charge in [0.2, 0.25) is 0 Å². The Labute approximate surface area is 124 Å². The largest absolute Gasteiger partial charge is 0.294 e.